The molecule has 4 heteroatoms. The predicted octanol–water partition coefficient (Wildman–Crippen LogP) is 0.727. The van der Waals surface area contributed by atoms with Gasteiger partial charge in [0, 0.05) is 37.8 Å². The van der Waals surface area contributed by atoms with E-state index in [1.54, 1.807) is 18.6 Å². The molecule has 1 unspecified atom stereocenters. The van der Waals surface area contributed by atoms with Crippen LogP contribution in [0.1, 0.15) is 25.5 Å². The molecule has 1 rings (SSSR count). The number of rotatable bonds is 6. The van der Waals surface area contributed by atoms with Gasteiger partial charge in [-0.25, -0.2) is 0 Å². The Hall–Kier alpha value is -1.00. The summed E-state index contributed by atoms with van der Waals surface area (Å²) in [5, 5.41) is 12.1. The van der Waals surface area contributed by atoms with E-state index < -0.39 is 0 Å². The van der Waals surface area contributed by atoms with Crippen molar-refractivity contribution >= 4 is 0 Å². The molecule has 0 saturated carbocycles. The van der Waals surface area contributed by atoms with Crippen molar-refractivity contribution in [2.24, 2.45) is 0 Å². The first kappa shape index (κ1) is 11.1. The fourth-order valence-electron chi connectivity index (χ4n) is 1.28. The number of nitrogens with one attached hydrogen (secondary N) is 1. The van der Waals surface area contributed by atoms with Gasteiger partial charge in [0.25, 0.3) is 0 Å². The third-order valence-electron chi connectivity index (χ3n) is 2.16. The third-order valence-corrected chi connectivity index (χ3v) is 2.16. The highest BCUT2D eigenvalue weighted by Gasteiger charge is 2.04. The zero-order valence-corrected chi connectivity index (χ0v) is 8.48. The third kappa shape index (κ3) is 3.81. The predicted molar refractivity (Wildman–Crippen MR) is 54.7 cm³/mol. The largest absolute Gasteiger partial charge is 0.396 e. The normalized spacial score (nSPS) is 12.7. The van der Waals surface area contributed by atoms with Crippen molar-refractivity contribution < 1.29 is 5.11 Å². The van der Waals surface area contributed by atoms with Crippen LogP contribution in [-0.4, -0.2) is 27.7 Å². The van der Waals surface area contributed by atoms with Crippen molar-refractivity contribution in [3.63, 3.8) is 0 Å². The molecule has 0 aromatic carbocycles. The maximum atomic E-state index is 8.80. The van der Waals surface area contributed by atoms with Crippen molar-refractivity contribution in [1.82, 2.24) is 15.3 Å². The van der Waals surface area contributed by atoms with Crippen molar-refractivity contribution in [1.29, 1.82) is 0 Å². The van der Waals surface area contributed by atoms with Gasteiger partial charge in [0.05, 0.1) is 5.69 Å². The van der Waals surface area contributed by atoms with Gasteiger partial charge >= 0.3 is 0 Å². The smallest absolute Gasteiger partial charge is 0.0724 e. The van der Waals surface area contributed by atoms with Crippen molar-refractivity contribution in [2.45, 2.75) is 32.4 Å². The highest BCUT2D eigenvalue weighted by atomic mass is 16.3. The topological polar surface area (TPSA) is 58.0 Å². The molecule has 4 nitrogen and oxygen atoms in total. The molecule has 0 saturated heterocycles. The Bertz CT molecular complexity index is 240. The SMILES string of the molecule is CCC(CCO)NCc1cnccn1. The molecule has 0 bridgehead atoms. The molecule has 2 N–H and O–H groups in total. The lowest BCUT2D eigenvalue weighted by Crippen LogP contribution is -2.29. The lowest BCUT2D eigenvalue weighted by molar-refractivity contribution is 0.261. The van der Waals surface area contributed by atoms with Crippen LogP contribution in [0.4, 0.5) is 0 Å². The Morgan fingerprint density at radius 3 is 2.93 bits per heavy atom. The molecule has 78 valence electrons. The van der Waals surface area contributed by atoms with Gasteiger partial charge in [0.2, 0.25) is 0 Å². The van der Waals surface area contributed by atoms with Crippen LogP contribution < -0.4 is 5.32 Å². The van der Waals surface area contributed by atoms with Crippen LogP contribution in [0, 0.1) is 0 Å². The molecule has 0 radical (unpaired) electrons. The van der Waals surface area contributed by atoms with E-state index in [1.807, 2.05) is 0 Å². The molecule has 0 aliphatic carbocycles. The van der Waals surface area contributed by atoms with Crippen LogP contribution in [-0.2, 0) is 6.54 Å². The Morgan fingerprint density at radius 2 is 2.36 bits per heavy atom. The van der Waals surface area contributed by atoms with Crippen molar-refractivity contribution in [3.8, 4) is 0 Å². The number of aliphatic hydroxyl groups excluding tert-OH is 1. The van der Waals surface area contributed by atoms with Crippen LogP contribution in [0.3, 0.4) is 0 Å². The second-order valence-electron chi connectivity index (χ2n) is 3.20. The van der Waals surface area contributed by atoms with E-state index in [1.165, 1.54) is 0 Å². The van der Waals surface area contributed by atoms with Gasteiger partial charge in [0.1, 0.15) is 0 Å². The fraction of sp³-hybridized carbons (Fsp3) is 0.600. The lowest BCUT2D eigenvalue weighted by atomic mass is 10.1. The van der Waals surface area contributed by atoms with Gasteiger partial charge < -0.3 is 10.4 Å². The molecule has 0 aliphatic rings. The summed E-state index contributed by atoms with van der Waals surface area (Å²) in [6, 6.07) is 0.363. The molecule has 1 heterocycles. The Balaban J connectivity index is 2.32. The van der Waals surface area contributed by atoms with Crippen LogP contribution in [0.15, 0.2) is 18.6 Å². The second kappa shape index (κ2) is 6.45. The van der Waals surface area contributed by atoms with Gasteiger partial charge in [-0.05, 0) is 12.8 Å². The van der Waals surface area contributed by atoms with E-state index >= 15 is 0 Å². The fourth-order valence-corrected chi connectivity index (χ4v) is 1.28. The van der Waals surface area contributed by atoms with Gasteiger partial charge in [0.15, 0.2) is 0 Å². The highest BCUT2D eigenvalue weighted by Crippen LogP contribution is 1.98. The van der Waals surface area contributed by atoms with Crippen molar-refractivity contribution in [3.05, 3.63) is 24.3 Å². The maximum absolute atomic E-state index is 8.80. The highest BCUT2D eigenvalue weighted by molar-refractivity contribution is 4.94. The molecule has 0 fully saturated rings. The summed E-state index contributed by atoms with van der Waals surface area (Å²) < 4.78 is 0. The molecule has 1 aromatic heterocycles. The maximum Gasteiger partial charge on any atom is 0.0724 e. The molecular weight excluding hydrogens is 178 g/mol. The van der Waals surface area contributed by atoms with E-state index in [2.05, 4.69) is 22.2 Å². The number of nitrogens with zero attached hydrogens (tertiary/aromatic N) is 2. The van der Waals surface area contributed by atoms with Crippen molar-refractivity contribution in [2.75, 3.05) is 6.61 Å². The summed E-state index contributed by atoms with van der Waals surface area (Å²) in [5.41, 5.74) is 0.934. The van der Waals surface area contributed by atoms with Crippen LogP contribution in [0.2, 0.25) is 0 Å². The average molecular weight is 195 g/mol. The van der Waals surface area contributed by atoms with E-state index in [0.717, 1.165) is 18.5 Å². The number of aliphatic hydroxyl groups is 1. The van der Waals surface area contributed by atoms with Gasteiger partial charge in [-0.2, -0.15) is 0 Å². The molecule has 1 aromatic rings. The van der Waals surface area contributed by atoms with Crippen LogP contribution in [0.25, 0.3) is 0 Å². The quantitative estimate of drug-likeness (QED) is 0.702. The molecule has 1 atom stereocenters. The first-order valence-corrected chi connectivity index (χ1v) is 4.96. The zero-order valence-electron chi connectivity index (χ0n) is 8.48. The van der Waals surface area contributed by atoms with Crippen LogP contribution >= 0.6 is 0 Å². The van der Waals surface area contributed by atoms with Crippen LogP contribution in [0.5, 0.6) is 0 Å². The van der Waals surface area contributed by atoms with Gasteiger partial charge in [-0.15, -0.1) is 0 Å². The van der Waals surface area contributed by atoms with Gasteiger partial charge in [-0.3, -0.25) is 9.97 Å². The van der Waals surface area contributed by atoms with E-state index in [0.29, 0.717) is 12.6 Å². The molecule has 0 amide bonds. The second-order valence-corrected chi connectivity index (χ2v) is 3.20. The Kier molecular flexibility index (Phi) is 5.11. The minimum absolute atomic E-state index is 0.228. The Labute approximate surface area is 84.4 Å². The summed E-state index contributed by atoms with van der Waals surface area (Å²) in [7, 11) is 0. The summed E-state index contributed by atoms with van der Waals surface area (Å²) in [5.74, 6) is 0. The standard InChI is InChI=1S/C10H17N3O/c1-2-9(3-6-14)13-8-10-7-11-4-5-12-10/h4-5,7,9,13-14H,2-3,6,8H2,1H3. The van der Waals surface area contributed by atoms with Gasteiger partial charge in [-0.1, -0.05) is 6.92 Å². The number of aromatic nitrogens is 2. The Morgan fingerprint density at radius 1 is 1.50 bits per heavy atom. The summed E-state index contributed by atoms with van der Waals surface area (Å²) in [4.78, 5) is 8.14. The average Bonchev–Trinajstić information content (AvgIpc) is 2.25. The first-order valence-electron chi connectivity index (χ1n) is 4.96. The molecule has 0 spiro atoms. The lowest BCUT2D eigenvalue weighted by Gasteiger charge is -2.14. The summed E-state index contributed by atoms with van der Waals surface area (Å²) in [6.07, 6.45) is 6.90. The number of hydrogen-bond donors (Lipinski definition) is 2. The molecule has 14 heavy (non-hydrogen) atoms. The zero-order chi connectivity index (χ0) is 10.2. The van der Waals surface area contributed by atoms with E-state index in [9.17, 15) is 0 Å². The minimum atomic E-state index is 0.228. The number of hydrogen-bond acceptors (Lipinski definition) is 4. The van der Waals surface area contributed by atoms with E-state index in [-0.39, 0.29) is 6.61 Å². The molecular formula is C10H17N3O. The summed E-state index contributed by atoms with van der Waals surface area (Å²) >= 11 is 0. The minimum Gasteiger partial charge on any atom is -0.396 e. The summed E-state index contributed by atoms with van der Waals surface area (Å²) in [6.45, 7) is 3.04. The van der Waals surface area contributed by atoms with E-state index in [4.69, 9.17) is 5.11 Å². The molecule has 0 aliphatic heterocycles. The monoisotopic (exact) mass is 195 g/mol. The first-order chi connectivity index (χ1) is 6.86.